The van der Waals surface area contributed by atoms with Crippen LogP contribution in [0.4, 0.5) is 11.4 Å². The van der Waals surface area contributed by atoms with Crippen LogP contribution < -0.4 is 11.5 Å². The molecule has 0 fully saturated rings. The van der Waals surface area contributed by atoms with E-state index in [4.69, 9.17) is 11.5 Å². The van der Waals surface area contributed by atoms with Gasteiger partial charge in [-0.25, -0.2) is 0 Å². The van der Waals surface area contributed by atoms with Gasteiger partial charge in [0.15, 0.2) is 0 Å². The van der Waals surface area contributed by atoms with Gasteiger partial charge in [-0.05, 0) is 18.1 Å². The summed E-state index contributed by atoms with van der Waals surface area (Å²) in [5.74, 6) is 0. The third-order valence-corrected chi connectivity index (χ3v) is 2.12. The molecule has 1 aromatic carbocycles. The standard InChI is InChI=1S/C9H13N3O2/c1-2-8(10)7-4-3-6(12(13)14)5-9(7)11/h3-5,8H,2,10-11H2,1H3. The molecule has 1 atom stereocenters. The van der Waals surface area contributed by atoms with Gasteiger partial charge in [0.05, 0.1) is 4.92 Å². The Morgan fingerprint density at radius 2 is 2.21 bits per heavy atom. The van der Waals surface area contributed by atoms with Crippen molar-refractivity contribution in [2.45, 2.75) is 19.4 Å². The number of nitro benzene ring substituents is 1. The Morgan fingerprint density at radius 1 is 1.57 bits per heavy atom. The van der Waals surface area contributed by atoms with Gasteiger partial charge in [0.1, 0.15) is 0 Å². The minimum absolute atomic E-state index is 0.00504. The number of rotatable bonds is 3. The molecule has 0 aromatic heterocycles. The van der Waals surface area contributed by atoms with Crippen molar-refractivity contribution < 1.29 is 4.92 Å². The molecule has 0 saturated carbocycles. The smallest absolute Gasteiger partial charge is 0.271 e. The van der Waals surface area contributed by atoms with Gasteiger partial charge >= 0.3 is 0 Å². The molecule has 5 nitrogen and oxygen atoms in total. The SMILES string of the molecule is CCC(N)c1ccc([N+](=O)[O-])cc1N. The van der Waals surface area contributed by atoms with Gasteiger partial charge in [0.2, 0.25) is 0 Å². The summed E-state index contributed by atoms with van der Waals surface area (Å²) in [5, 5.41) is 10.4. The Kier molecular flexibility index (Phi) is 3.03. The van der Waals surface area contributed by atoms with Crippen LogP contribution in [0, 0.1) is 10.1 Å². The van der Waals surface area contributed by atoms with Crippen molar-refractivity contribution in [1.29, 1.82) is 0 Å². The number of benzene rings is 1. The molecule has 1 unspecified atom stereocenters. The molecule has 0 radical (unpaired) electrons. The number of anilines is 1. The first-order chi connectivity index (χ1) is 6.56. The highest BCUT2D eigenvalue weighted by Gasteiger charge is 2.12. The van der Waals surface area contributed by atoms with Crippen LogP contribution in [-0.2, 0) is 0 Å². The van der Waals surface area contributed by atoms with Crippen molar-refractivity contribution in [3.63, 3.8) is 0 Å². The van der Waals surface area contributed by atoms with E-state index < -0.39 is 4.92 Å². The van der Waals surface area contributed by atoms with Crippen molar-refractivity contribution in [3.8, 4) is 0 Å². The summed E-state index contributed by atoms with van der Waals surface area (Å²) >= 11 is 0. The monoisotopic (exact) mass is 195 g/mol. The lowest BCUT2D eigenvalue weighted by molar-refractivity contribution is -0.384. The van der Waals surface area contributed by atoms with Gasteiger partial charge in [-0.15, -0.1) is 0 Å². The van der Waals surface area contributed by atoms with Crippen LogP contribution in [0.2, 0.25) is 0 Å². The summed E-state index contributed by atoms with van der Waals surface area (Å²) in [6.07, 6.45) is 0.752. The van der Waals surface area contributed by atoms with Gasteiger partial charge in [0.25, 0.3) is 5.69 Å². The van der Waals surface area contributed by atoms with Crippen LogP contribution in [0.25, 0.3) is 0 Å². The van der Waals surface area contributed by atoms with E-state index >= 15 is 0 Å². The van der Waals surface area contributed by atoms with E-state index in [1.807, 2.05) is 6.92 Å². The molecule has 5 heteroatoms. The van der Waals surface area contributed by atoms with E-state index in [2.05, 4.69) is 0 Å². The molecule has 0 aliphatic carbocycles. The fourth-order valence-electron chi connectivity index (χ4n) is 1.23. The summed E-state index contributed by atoms with van der Waals surface area (Å²) in [6.45, 7) is 1.94. The second kappa shape index (κ2) is 4.06. The number of nitrogens with two attached hydrogens (primary N) is 2. The highest BCUT2D eigenvalue weighted by atomic mass is 16.6. The van der Waals surface area contributed by atoms with E-state index in [0.29, 0.717) is 5.69 Å². The van der Waals surface area contributed by atoms with E-state index in [-0.39, 0.29) is 11.7 Å². The Hall–Kier alpha value is -1.62. The number of hydrogen-bond acceptors (Lipinski definition) is 4. The van der Waals surface area contributed by atoms with Gasteiger partial charge in [-0.1, -0.05) is 6.92 Å². The molecule has 14 heavy (non-hydrogen) atoms. The van der Waals surface area contributed by atoms with E-state index in [0.717, 1.165) is 12.0 Å². The largest absolute Gasteiger partial charge is 0.398 e. The molecule has 4 N–H and O–H groups in total. The first-order valence-corrected chi connectivity index (χ1v) is 4.35. The Bertz CT molecular complexity index is 352. The first-order valence-electron chi connectivity index (χ1n) is 4.35. The third kappa shape index (κ3) is 2.00. The van der Waals surface area contributed by atoms with Crippen molar-refractivity contribution in [3.05, 3.63) is 33.9 Å². The van der Waals surface area contributed by atoms with Crippen LogP contribution in [-0.4, -0.2) is 4.92 Å². The number of nitrogens with zero attached hydrogens (tertiary/aromatic N) is 1. The Balaban J connectivity index is 3.07. The lowest BCUT2D eigenvalue weighted by Crippen LogP contribution is -2.11. The van der Waals surface area contributed by atoms with E-state index in [1.54, 1.807) is 6.07 Å². The van der Waals surface area contributed by atoms with Gasteiger partial charge < -0.3 is 11.5 Å². The molecule has 1 rings (SSSR count). The molecular formula is C9H13N3O2. The molecule has 0 spiro atoms. The van der Waals surface area contributed by atoms with Crippen LogP contribution >= 0.6 is 0 Å². The van der Waals surface area contributed by atoms with Crippen molar-refractivity contribution in [2.75, 3.05) is 5.73 Å². The molecule has 0 heterocycles. The summed E-state index contributed by atoms with van der Waals surface area (Å²) in [6, 6.07) is 4.21. The zero-order valence-corrected chi connectivity index (χ0v) is 7.93. The van der Waals surface area contributed by atoms with Gasteiger partial charge in [-0.2, -0.15) is 0 Å². The molecule has 0 bridgehead atoms. The zero-order valence-electron chi connectivity index (χ0n) is 7.93. The average molecular weight is 195 g/mol. The molecule has 0 saturated heterocycles. The Labute approximate surface area is 81.9 Å². The molecule has 1 aromatic rings. The maximum atomic E-state index is 10.4. The van der Waals surface area contributed by atoms with Crippen LogP contribution in [0.15, 0.2) is 18.2 Å². The van der Waals surface area contributed by atoms with E-state index in [9.17, 15) is 10.1 Å². The lowest BCUT2D eigenvalue weighted by atomic mass is 10.0. The second-order valence-corrected chi connectivity index (χ2v) is 3.09. The molecule has 0 amide bonds. The average Bonchev–Trinajstić information content (AvgIpc) is 2.16. The highest BCUT2D eigenvalue weighted by molar-refractivity contribution is 5.55. The summed E-state index contributed by atoms with van der Waals surface area (Å²) in [4.78, 5) is 9.95. The van der Waals surface area contributed by atoms with Crippen molar-refractivity contribution >= 4 is 11.4 Å². The number of non-ortho nitro benzene ring substituents is 1. The van der Waals surface area contributed by atoms with Gasteiger partial charge in [0, 0.05) is 23.9 Å². The van der Waals surface area contributed by atoms with Crippen LogP contribution in [0.3, 0.4) is 0 Å². The predicted molar refractivity (Wildman–Crippen MR) is 54.7 cm³/mol. The summed E-state index contributed by atoms with van der Waals surface area (Å²) < 4.78 is 0. The van der Waals surface area contributed by atoms with E-state index in [1.165, 1.54) is 12.1 Å². The molecule has 0 aliphatic heterocycles. The number of nitrogen functional groups attached to an aromatic ring is 1. The number of nitro groups is 1. The van der Waals surface area contributed by atoms with Crippen LogP contribution in [0.1, 0.15) is 24.9 Å². The van der Waals surface area contributed by atoms with Gasteiger partial charge in [-0.3, -0.25) is 10.1 Å². The fourth-order valence-corrected chi connectivity index (χ4v) is 1.23. The minimum Gasteiger partial charge on any atom is -0.398 e. The summed E-state index contributed by atoms with van der Waals surface area (Å²) in [7, 11) is 0. The second-order valence-electron chi connectivity index (χ2n) is 3.09. The lowest BCUT2D eigenvalue weighted by Gasteiger charge is -2.11. The van der Waals surface area contributed by atoms with Crippen molar-refractivity contribution in [1.82, 2.24) is 0 Å². The molecule has 76 valence electrons. The predicted octanol–water partition coefficient (Wildman–Crippen LogP) is 1.59. The molecular weight excluding hydrogens is 182 g/mol. The molecule has 0 aliphatic rings. The Morgan fingerprint density at radius 3 is 2.64 bits per heavy atom. The maximum Gasteiger partial charge on any atom is 0.271 e. The topological polar surface area (TPSA) is 95.2 Å². The first kappa shape index (κ1) is 10.5. The normalized spacial score (nSPS) is 12.4. The number of hydrogen-bond donors (Lipinski definition) is 2. The minimum atomic E-state index is -0.475. The van der Waals surface area contributed by atoms with Crippen LogP contribution in [0.5, 0.6) is 0 Å². The zero-order chi connectivity index (χ0) is 10.7. The fraction of sp³-hybridized carbons (Fsp3) is 0.333. The third-order valence-electron chi connectivity index (χ3n) is 2.12. The summed E-state index contributed by atoms with van der Waals surface area (Å²) in [5.41, 5.74) is 12.6. The van der Waals surface area contributed by atoms with Crippen molar-refractivity contribution in [2.24, 2.45) is 5.73 Å². The quantitative estimate of drug-likeness (QED) is 0.435. The highest BCUT2D eigenvalue weighted by Crippen LogP contribution is 2.25. The maximum absolute atomic E-state index is 10.4.